The first-order valence-corrected chi connectivity index (χ1v) is 9.38. The van der Waals surface area contributed by atoms with E-state index in [0.29, 0.717) is 11.3 Å². The zero-order valence-corrected chi connectivity index (χ0v) is 14.9. The first-order chi connectivity index (χ1) is 11.3. The van der Waals surface area contributed by atoms with Crippen LogP contribution in [0.1, 0.15) is 35.8 Å². The molecular weight excluding hydrogens is 324 g/mol. The zero-order valence-electron chi connectivity index (χ0n) is 14.1. The molecule has 0 fully saturated rings. The van der Waals surface area contributed by atoms with Gasteiger partial charge in [0.05, 0.1) is 17.5 Å². The molecule has 0 aliphatic heterocycles. The van der Waals surface area contributed by atoms with E-state index in [0.717, 1.165) is 5.56 Å². The molecule has 0 heterocycles. The smallest absolute Gasteiger partial charge is 0.251 e. The number of carbonyl (C=O) groups excluding carboxylic acids is 1. The van der Waals surface area contributed by atoms with Crippen molar-refractivity contribution in [3.8, 4) is 0 Å². The number of rotatable bonds is 6. The van der Waals surface area contributed by atoms with Crippen molar-refractivity contribution in [3.05, 3.63) is 65.7 Å². The normalized spacial score (nSPS) is 12.5. The molecule has 6 heteroatoms. The average Bonchev–Trinajstić information content (AvgIpc) is 2.61. The molecule has 2 aromatic carbocycles. The molecule has 5 nitrogen and oxygen atoms in total. The fraction of sp³-hybridized carbons (Fsp3) is 0.278. The van der Waals surface area contributed by atoms with Crippen LogP contribution >= 0.6 is 0 Å². The minimum absolute atomic E-state index is 0.00493. The number of anilines is 1. The predicted molar refractivity (Wildman–Crippen MR) is 96.6 cm³/mol. The Kier molecular flexibility index (Phi) is 5.62. The third-order valence-electron chi connectivity index (χ3n) is 3.90. The van der Waals surface area contributed by atoms with Crippen LogP contribution in [0, 0.1) is 0 Å². The Labute approximate surface area is 143 Å². The molecule has 1 atom stereocenters. The summed E-state index contributed by atoms with van der Waals surface area (Å²) in [6.45, 7) is 3.49. The van der Waals surface area contributed by atoms with E-state index in [1.165, 1.54) is 11.4 Å². The minimum atomic E-state index is -3.36. The lowest BCUT2D eigenvalue weighted by Gasteiger charge is -2.19. The average molecular weight is 346 g/mol. The van der Waals surface area contributed by atoms with E-state index in [9.17, 15) is 13.2 Å². The summed E-state index contributed by atoms with van der Waals surface area (Å²) in [7, 11) is -1.87. The van der Waals surface area contributed by atoms with Crippen LogP contribution < -0.4 is 9.62 Å². The van der Waals surface area contributed by atoms with Crippen molar-refractivity contribution in [2.75, 3.05) is 17.1 Å². The molecule has 0 aliphatic rings. The van der Waals surface area contributed by atoms with E-state index in [1.807, 2.05) is 37.3 Å². The summed E-state index contributed by atoms with van der Waals surface area (Å²) in [4.78, 5) is 12.4. The van der Waals surface area contributed by atoms with Crippen molar-refractivity contribution in [1.29, 1.82) is 0 Å². The third-order valence-corrected chi connectivity index (χ3v) is 5.68. The molecule has 0 spiro atoms. The number of amides is 1. The van der Waals surface area contributed by atoms with Crippen molar-refractivity contribution in [2.24, 2.45) is 0 Å². The Morgan fingerprint density at radius 2 is 1.79 bits per heavy atom. The van der Waals surface area contributed by atoms with Crippen LogP contribution in [-0.4, -0.2) is 27.1 Å². The van der Waals surface area contributed by atoms with Gasteiger partial charge in [0.1, 0.15) is 0 Å². The molecule has 0 bridgehead atoms. The molecule has 1 unspecified atom stereocenters. The third kappa shape index (κ3) is 4.14. The van der Waals surface area contributed by atoms with Crippen LogP contribution in [0.5, 0.6) is 0 Å². The van der Waals surface area contributed by atoms with Crippen molar-refractivity contribution < 1.29 is 13.2 Å². The molecule has 24 heavy (non-hydrogen) atoms. The molecule has 2 aromatic rings. The monoisotopic (exact) mass is 346 g/mol. The highest BCUT2D eigenvalue weighted by molar-refractivity contribution is 7.92. The van der Waals surface area contributed by atoms with E-state index in [-0.39, 0.29) is 17.7 Å². The largest absolute Gasteiger partial charge is 0.346 e. The highest BCUT2D eigenvalue weighted by Crippen LogP contribution is 2.19. The number of hydrogen-bond acceptors (Lipinski definition) is 3. The van der Waals surface area contributed by atoms with Gasteiger partial charge in [0.25, 0.3) is 5.91 Å². The Morgan fingerprint density at radius 1 is 1.12 bits per heavy atom. The molecule has 128 valence electrons. The molecular formula is C18H22N2O3S. The number of benzene rings is 2. The van der Waals surface area contributed by atoms with Gasteiger partial charge in [-0.3, -0.25) is 9.10 Å². The van der Waals surface area contributed by atoms with Crippen molar-refractivity contribution >= 4 is 21.6 Å². The standard InChI is InChI=1S/C18H22N2O3S/c1-4-24(22,23)20(3)17-12-8-11-16(13-17)18(21)19-14(2)15-9-6-5-7-10-15/h5-14H,4H2,1-3H3,(H,19,21). The number of sulfonamides is 1. The van der Waals surface area contributed by atoms with Gasteiger partial charge in [-0.05, 0) is 37.6 Å². The number of hydrogen-bond donors (Lipinski definition) is 1. The summed E-state index contributed by atoms with van der Waals surface area (Å²) in [5.74, 6) is -0.235. The second-order valence-electron chi connectivity index (χ2n) is 5.52. The van der Waals surface area contributed by atoms with E-state index in [2.05, 4.69) is 5.32 Å². The second-order valence-corrected chi connectivity index (χ2v) is 7.81. The van der Waals surface area contributed by atoms with E-state index in [1.54, 1.807) is 31.2 Å². The van der Waals surface area contributed by atoms with Crippen LogP contribution in [0.4, 0.5) is 5.69 Å². The van der Waals surface area contributed by atoms with Gasteiger partial charge in [-0.15, -0.1) is 0 Å². The summed E-state index contributed by atoms with van der Waals surface area (Å²) in [6.07, 6.45) is 0. The highest BCUT2D eigenvalue weighted by atomic mass is 32.2. The van der Waals surface area contributed by atoms with Crippen molar-refractivity contribution in [3.63, 3.8) is 0 Å². The van der Waals surface area contributed by atoms with Gasteiger partial charge in [0.2, 0.25) is 10.0 Å². The topological polar surface area (TPSA) is 66.5 Å². The van der Waals surface area contributed by atoms with Gasteiger partial charge in [-0.2, -0.15) is 0 Å². The van der Waals surface area contributed by atoms with Crippen LogP contribution in [0.15, 0.2) is 54.6 Å². The van der Waals surface area contributed by atoms with Gasteiger partial charge >= 0.3 is 0 Å². The van der Waals surface area contributed by atoms with Gasteiger partial charge in [-0.1, -0.05) is 36.4 Å². The maximum absolute atomic E-state index is 12.4. The lowest BCUT2D eigenvalue weighted by atomic mass is 10.1. The summed E-state index contributed by atoms with van der Waals surface area (Å²) in [5, 5.41) is 2.92. The van der Waals surface area contributed by atoms with E-state index >= 15 is 0 Å². The van der Waals surface area contributed by atoms with Crippen LogP contribution in [0.3, 0.4) is 0 Å². The molecule has 1 amide bonds. The fourth-order valence-corrected chi connectivity index (χ4v) is 3.12. The quantitative estimate of drug-likeness (QED) is 0.874. The molecule has 0 saturated carbocycles. The molecule has 0 saturated heterocycles. The maximum atomic E-state index is 12.4. The summed E-state index contributed by atoms with van der Waals surface area (Å²) >= 11 is 0. The number of carbonyl (C=O) groups is 1. The number of nitrogens with zero attached hydrogens (tertiary/aromatic N) is 1. The zero-order chi connectivity index (χ0) is 17.7. The van der Waals surface area contributed by atoms with Gasteiger partial charge < -0.3 is 5.32 Å². The van der Waals surface area contributed by atoms with Crippen LogP contribution in [0.25, 0.3) is 0 Å². The SMILES string of the molecule is CCS(=O)(=O)N(C)c1cccc(C(=O)NC(C)c2ccccc2)c1. The van der Waals surface area contributed by atoms with E-state index in [4.69, 9.17) is 0 Å². The summed E-state index contributed by atoms with van der Waals surface area (Å²) in [6, 6.07) is 16.1. The van der Waals surface area contributed by atoms with Gasteiger partial charge in [-0.25, -0.2) is 8.42 Å². The molecule has 2 rings (SSSR count). The fourth-order valence-electron chi connectivity index (χ4n) is 2.30. The van der Waals surface area contributed by atoms with E-state index < -0.39 is 10.0 Å². The van der Waals surface area contributed by atoms with Crippen LogP contribution in [-0.2, 0) is 10.0 Å². The van der Waals surface area contributed by atoms with Crippen LogP contribution in [0.2, 0.25) is 0 Å². The van der Waals surface area contributed by atoms with Gasteiger partial charge in [0, 0.05) is 12.6 Å². The molecule has 0 radical (unpaired) electrons. The highest BCUT2D eigenvalue weighted by Gasteiger charge is 2.18. The number of nitrogens with one attached hydrogen (secondary N) is 1. The Morgan fingerprint density at radius 3 is 2.42 bits per heavy atom. The van der Waals surface area contributed by atoms with Gasteiger partial charge in [0.15, 0.2) is 0 Å². The summed E-state index contributed by atoms with van der Waals surface area (Å²) < 4.78 is 25.1. The Bertz CT molecular complexity index is 804. The summed E-state index contributed by atoms with van der Waals surface area (Å²) in [5.41, 5.74) is 1.90. The first-order valence-electron chi connectivity index (χ1n) is 7.77. The lowest BCUT2D eigenvalue weighted by Crippen LogP contribution is -2.29. The first kappa shape index (κ1) is 18.0. The van der Waals surface area contributed by atoms with Crippen molar-refractivity contribution in [2.45, 2.75) is 19.9 Å². The Balaban J connectivity index is 2.18. The maximum Gasteiger partial charge on any atom is 0.251 e. The minimum Gasteiger partial charge on any atom is -0.346 e. The molecule has 1 N–H and O–H groups in total. The Hall–Kier alpha value is -2.34. The molecule has 0 aromatic heterocycles. The second kappa shape index (κ2) is 7.49. The predicted octanol–water partition coefficient (Wildman–Crippen LogP) is 2.96. The van der Waals surface area contributed by atoms with Crippen molar-refractivity contribution in [1.82, 2.24) is 5.32 Å². The molecule has 0 aliphatic carbocycles. The lowest BCUT2D eigenvalue weighted by molar-refractivity contribution is 0.0940.